The molecule has 0 radical (unpaired) electrons. The number of carbonyl (C=O) groups is 1. The Bertz CT molecular complexity index is 645. The largest absolute Gasteiger partial charge is 0.476 e. The molecule has 21 heavy (non-hydrogen) atoms. The van der Waals surface area contributed by atoms with Gasteiger partial charge in [-0.3, -0.25) is 0 Å². The van der Waals surface area contributed by atoms with Crippen molar-refractivity contribution in [3.8, 4) is 11.3 Å². The summed E-state index contributed by atoms with van der Waals surface area (Å²) in [5.74, 6) is -0.753. The summed E-state index contributed by atoms with van der Waals surface area (Å²) in [6.45, 7) is 2.01. The predicted octanol–water partition coefficient (Wildman–Crippen LogP) is 1.26. The lowest BCUT2D eigenvalue weighted by atomic mass is 10.1. The standard InChI is InChI=1S/C14H16N4O3/c15-11-3-1-10(2-4-11)13-12(14(19)20)16-17-18(13)7-9-5-6-21-8-9/h1-4,9H,5-8,15H2,(H,19,20). The Morgan fingerprint density at radius 3 is 2.81 bits per heavy atom. The first-order chi connectivity index (χ1) is 10.1. The molecule has 2 aromatic rings. The number of carboxylic acid groups (broad SMARTS) is 1. The van der Waals surface area contributed by atoms with Crippen LogP contribution in [-0.4, -0.2) is 39.3 Å². The second kappa shape index (κ2) is 5.53. The Kier molecular flexibility index (Phi) is 3.57. The first-order valence-corrected chi connectivity index (χ1v) is 6.75. The minimum Gasteiger partial charge on any atom is -0.476 e. The van der Waals surface area contributed by atoms with Crippen molar-refractivity contribution in [3.05, 3.63) is 30.0 Å². The maximum Gasteiger partial charge on any atom is 0.358 e. The lowest BCUT2D eigenvalue weighted by Crippen LogP contribution is -2.13. The number of ether oxygens (including phenoxy) is 1. The third-order valence-corrected chi connectivity index (χ3v) is 3.58. The molecule has 1 aromatic heterocycles. The molecule has 2 heterocycles. The molecule has 1 aromatic carbocycles. The Morgan fingerprint density at radius 2 is 2.19 bits per heavy atom. The second-order valence-electron chi connectivity index (χ2n) is 5.13. The van der Waals surface area contributed by atoms with Crippen molar-refractivity contribution in [2.75, 3.05) is 18.9 Å². The number of hydrogen-bond donors (Lipinski definition) is 2. The summed E-state index contributed by atoms with van der Waals surface area (Å²) in [5.41, 5.74) is 7.51. The predicted molar refractivity (Wildman–Crippen MR) is 75.8 cm³/mol. The summed E-state index contributed by atoms with van der Waals surface area (Å²) in [4.78, 5) is 11.3. The third kappa shape index (κ3) is 2.73. The molecule has 110 valence electrons. The van der Waals surface area contributed by atoms with Crippen LogP contribution in [0.15, 0.2) is 24.3 Å². The molecule has 3 rings (SSSR count). The third-order valence-electron chi connectivity index (χ3n) is 3.58. The van der Waals surface area contributed by atoms with Gasteiger partial charge in [0.2, 0.25) is 0 Å². The van der Waals surface area contributed by atoms with Gasteiger partial charge >= 0.3 is 5.97 Å². The number of anilines is 1. The fourth-order valence-corrected chi connectivity index (χ4v) is 2.48. The van der Waals surface area contributed by atoms with Crippen molar-refractivity contribution >= 4 is 11.7 Å². The molecule has 1 fully saturated rings. The number of nitrogens with zero attached hydrogens (tertiary/aromatic N) is 3. The van der Waals surface area contributed by atoms with Gasteiger partial charge in [0.1, 0.15) is 5.69 Å². The topological polar surface area (TPSA) is 103 Å². The van der Waals surface area contributed by atoms with E-state index in [0.717, 1.165) is 18.6 Å². The van der Waals surface area contributed by atoms with E-state index < -0.39 is 5.97 Å². The number of carboxylic acids is 1. The van der Waals surface area contributed by atoms with Crippen molar-refractivity contribution in [1.82, 2.24) is 15.0 Å². The van der Waals surface area contributed by atoms with Gasteiger partial charge in [-0.25, -0.2) is 9.48 Å². The van der Waals surface area contributed by atoms with Crippen LogP contribution in [0.2, 0.25) is 0 Å². The molecule has 0 amide bonds. The average Bonchev–Trinajstić information content (AvgIpc) is 3.10. The van der Waals surface area contributed by atoms with E-state index in [9.17, 15) is 9.90 Å². The van der Waals surface area contributed by atoms with Gasteiger partial charge in [0, 0.05) is 30.3 Å². The summed E-state index contributed by atoms with van der Waals surface area (Å²) < 4.78 is 7.00. The van der Waals surface area contributed by atoms with Crippen LogP contribution in [0.3, 0.4) is 0 Å². The van der Waals surface area contributed by atoms with Crippen LogP contribution in [0.5, 0.6) is 0 Å². The summed E-state index contributed by atoms with van der Waals surface area (Å²) >= 11 is 0. The number of aromatic nitrogens is 3. The monoisotopic (exact) mass is 288 g/mol. The first kappa shape index (κ1) is 13.6. The van der Waals surface area contributed by atoms with E-state index in [2.05, 4.69) is 10.3 Å². The summed E-state index contributed by atoms with van der Waals surface area (Å²) in [6, 6.07) is 7.03. The first-order valence-electron chi connectivity index (χ1n) is 6.75. The van der Waals surface area contributed by atoms with E-state index in [0.29, 0.717) is 30.5 Å². The van der Waals surface area contributed by atoms with Crippen LogP contribution < -0.4 is 5.73 Å². The fraction of sp³-hybridized carbons (Fsp3) is 0.357. The number of nitrogen functional groups attached to an aromatic ring is 1. The molecule has 1 saturated heterocycles. The molecule has 0 spiro atoms. The number of aromatic carboxylic acids is 1. The van der Waals surface area contributed by atoms with Crippen LogP contribution in [0.25, 0.3) is 11.3 Å². The van der Waals surface area contributed by atoms with E-state index in [4.69, 9.17) is 10.5 Å². The average molecular weight is 288 g/mol. The maximum atomic E-state index is 11.3. The van der Waals surface area contributed by atoms with Gasteiger partial charge < -0.3 is 15.6 Å². The Balaban J connectivity index is 2.00. The van der Waals surface area contributed by atoms with Crippen molar-refractivity contribution in [1.29, 1.82) is 0 Å². The van der Waals surface area contributed by atoms with Crippen molar-refractivity contribution in [3.63, 3.8) is 0 Å². The molecule has 1 aliphatic rings. The van der Waals surface area contributed by atoms with E-state index >= 15 is 0 Å². The van der Waals surface area contributed by atoms with Crippen LogP contribution in [-0.2, 0) is 11.3 Å². The molecule has 1 unspecified atom stereocenters. The molecular weight excluding hydrogens is 272 g/mol. The zero-order valence-electron chi connectivity index (χ0n) is 11.4. The molecule has 7 heteroatoms. The Morgan fingerprint density at radius 1 is 1.43 bits per heavy atom. The van der Waals surface area contributed by atoms with Crippen molar-refractivity contribution in [2.45, 2.75) is 13.0 Å². The minimum absolute atomic E-state index is 0.0429. The van der Waals surface area contributed by atoms with Crippen molar-refractivity contribution < 1.29 is 14.6 Å². The molecule has 0 saturated carbocycles. The second-order valence-corrected chi connectivity index (χ2v) is 5.13. The lowest BCUT2D eigenvalue weighted by Gasteiger charge is -2.11. The number of benzene rings is 1. The number of rotatable bonds is 4. The molecule has 3 N–H and O–H groups in total. The number of hydrogen-bond acceptors (Lipinski definition) is 5. The zero-order valence-corrected chi connectivity index (χ0v) is 11.4. The molecule has 1 atom stereocenters. The molecule has 0 bridgehead atoms. The highest BCUT2D eigenvalue weighted by Gasteiger charge is 2.24. The van der Waals surface area contributed by atoms with Crippen molar-refractivity contribution in [2.24, 2.45) is 5.92 Å². The normalized spacial score (nSPS) is 18.0. The zero-order chi connectivity index (χ0) is 14.8. The summed E-state index contributed by atoms with van der Waals surface area (Å²) in [7, 11) is 0. The highest BCUT2D eigenvalue weighted by Crippen LogP contribution is 2.25. The smallest absolute Gasteiger partial charge is 0.358 e. The van der Waals surface area contributed by atoms with Crippen LogP contribution in [0.1, 0.15) is 16.9 Å². The van der Waals surface area contributed by atoms with Crippen LogP contribution in [0.4, 0.5) is 5.69 Å². The highest BCUT2D eigenvalue weighted by molar-refractivity contribution is 5.92. The number of nitrogens with two attached hydrogens (primary N) is 1. The van der Waals surface area contributed by atoms with Crippen LogP contribution in [0, 0.1) is 5.92 Å². The van der Waals surface area contributed by atoms with Gasteiger partial charge in [0.15, 0.2) is 5.69 Å². The summed E-state index contributed by atoms with van der Waals surface area (Å²) in [6.07, 6.45) is 0.948. The van der Waals surface area contributed by atoms with E-state index in [-0.39, 0.29) is 5.69 Å². The van der Waals surface area contributed by atoms with E-state index in [1.165, 1.54) is 0 Å². The SMILES string of the molecule is Nc1ccc(-c2c(C(=O)O)nnn2CC2CCOC2)cc1. The van der Waals surface area contributed by atoms with Crippen LogP contribution >= 0.6 is 0 Å². The molecule has 0 aliphatic carbocycles. The summed E-state index contributed by atoms with van der Waals surface area (Å²) in [5, 5.41) is 17.1. The van der Waals surface area contributed by atoms with Gasteiger partial charge in [0.25, 0.3) is 0 Å². The highest BCUT2D eigenvalue weighted by atomic mass is 16.5. The molecule has 1 aliphatic heterocycles. The van der Waals surface area contributed by atoms with Gasteiger partial charge in [0.05, 0.1) is 6.61 Å². The molecule has 7 nitrogen and oxygen atoms in total. The van der Waals surface area contributed by atoms with Gasteiger partial charge in [-0.15, -0.1) is 5.10 Å². The van der Waals surface area contributed by atoms with Gasteiger partial charge in [-0.05, 0) is 18.6 Å². The Labute approximate surface area is 121 Å². The maximum absolute atomic E-state index is 11.3. The Hall–Kier alpha value is -2.41. The molecular formula is C14H16N4O3. The van der Waals surface area contributed by atoms with E-state index in [1.54, 1.807) is 28.9 Å². The fourth-order valence-electron chi connectivity index (χ4n) is 2.48. The minimum atomic E-state index is -1.09. The quantitative estimate of drug-likeness (QED) is 0.821. The van der Waals surface area contributed by atoms with Gasteiger partial charge in [-0.1, -0.05) is 17.3 Å². The van der Waals surface area contributed by atoms with Gasteiger partial charge in [-0.2, -0.15) is 0 Å². The lowest BCUT2D eigenvalue weighted by molar-refractivity contribution is 0.0691. The van der Waals surface area contributed by atoms with E-state index in [1.807, 2.05) is 0 Å².